The van der Waals surface area contributed by atoms with Gasteiger partial charge in [-0.3, -0.25) is 9.98 Å². The number of guanidine groups is 1. The number of aliphatic imine (C=N–C) groups is 1. The van der Waals surface area contributed by atoms with Gasteiger partial charge < -0.3 is 10.6 Å². The van der Waals surface area contributed by atoms with Crippen molar-refractivity contribution < 1.29 is 0 Å². The Kier molecular flexibility index (Phi) is 8.43. The Morgan fingerprint density at radius 3 is 2.75 bits per heavy atom. The van der Waals surface area contributed by atoms with Gasteiger partial charge in [-0.25, -0.2) is 0 Å². The summed E-state index contributed by atoms with van der Waals surface area (Å²) in [5.74, 6) is 1.58. The van der Waals surface area contributed by atoms with Gasteiger partial charge in [0.1, 0.15) is 0 Å². The van der Waals surface area contributed by atoms with Crippen molar-refractivity contribution in [2.75, 3.05) is 13.6 Å². The average Bonchev–Trinajstić information content (AvgIpc) is 2.51. The summed E-state index contributed by atoms with van der Waals surface area (Å²) in [5.41, 5.74) is 1.02. The van der Waals surface area contributed by atoms with Crippen LogP contribution in [0.4, 0.5) is 0 Å². The molecule has 1 atom stereocenters. The summed E-state index contributed by atoms with van der Waals surface area (Å²) in [6.45, 7) is 6.18. The molecule has 1 unspecified atom stereocenters. The number of nitrogens with one attached hydrogen (secondary N) is 2. The fourth-order valence-electron chi connectivity index (χ4n) is 2.08. The van der Waals surface area contributed by atoms with Gasteiger partial charge in [-0.2, -0.15) is 0 Å². The highest BCUT2D eigenvalue weighted by Gasteiger charge is 2.07. The fourth-order valence-corrected chi connectivity index (χ4v) is 2.08. The molecule has 1 aromatic rings. The van der Waals surface area contributed by atoms with E-state index in [0.29, 0.717) is 6.54 Å². The van der Waals surface area contributed by atoms with Crippen molar-refractivity contribution in [3.05, 3.63) is 30.1 Å². The molecular weight excluding hydrogens is 248 g/mol. The van der Waals surface area contributed by atoms with Gasteiger partial charge in [0, 0.05) is 19.8 Å². The Hall–Kier alpha value is -1.58. The normalized spacial score (nSPS) is 13.1. The van der Waals surface area contributed by atoms with Gasteiger partial charge in [0.15, 0.2) is 5.96 Å². The SMILES string of the molecule is CCCCC(CC)CNC(=NC)NCc1ccccn1. The first-order valence-electron chi connectivity index (χ1n) is 7.64. The fraction of sp³-hybridized carbons (Fsp3) is 0.625. The maximum Gasteiger partial charge on any atom is 0.191 e. The molecule has 1 aromatic heterocycles. The Labute approximate surface area is 123 Å². The Bertz CT molecular complexity index is 375. The summed E-state index contributed by atoms with van der Waals surface area (Å²) >= 11 is 0. The standard InChI is InChI=1S/C16H28N4/c1-4-6-9-14(5-2)12-19-16(17-3)20-13-15-10-7-8-11-18-15/h7-8,10-11,14H,4-6,9,12-13H2,1-3H3,(H2,17,19,20). The molecule has 0 saturated carbocycles. The van der Waals surface area contributed by atoms with Crippen molar-refractivity contribution in [1.29, 1.82) is 0 Å². The zero-order valence-corrected chi connectivity index (χ0v) is 13.0. The quantitative estimate of drug-likeness (QED) is 0.567. The minimum Gasteiger partial charge on any atom is -0.356 e. The maximum absolute atomic E-state index is 4.29. The van der Waals surface area contributed by atoms with E-state index in [-0.39, 0.29) is 0 Å². The summed E-state index contributed by atoms with van der Waals surface area (Å²) in [4.78, 5) is 8.55. The molecule has 0 aliphatic heterocycles. The summed E-state index contributed by atoms with van der Waals surface area (Å²) in [6.07, 6.45) is 6.88. The third kappa shape index (κ3) is 6.55. The molecule has 20 heavy (non-hydrogen) atoms. The van der Waals surface area contributed by atoms with Crippen LogP contribution >= 0.6 is 0 Å². The second-order valence-electron chi connectivity index (χ2n) is 5.04. The van der Waals surface area contributed by atoms with Crippen molar-refractivity contribution >= 4 is 5.96 Å². The third-order valence-corrected chi connectivity index (χ3v) is 3.49. The van der Waals surface area contributed by atoms with E-state index in [2.05, 4.69) is 34.5 Å². The van der Waals surface area contributed by atoms with E-state index >= 15 is 0 Å². The summed E-state index contributed by atoms with van der Waals surface area (Å²) in [5, 5.41) is 6.71. The molecule has 0 amide bonds. The largest absolute Gasteiger partial charge is 0.356 e. The minimum absolute atomic E-state index is 0.701. The van der Waals surface area contributed by atoms with E-state index in [9.17, 15) is 0 Å². The van der Waals surface area contributed by atoms with Crippen molar-refractivity contribution in [3.63, 3.8) is 0 Å². The van der Waals surface area contributed by atoms with Crippen LogP contribution in [0, 0.1) is 5.92 Å². The molecule has 0 saturated heterocycles. The number of hydrogen-bond donors (Lipinski definition) is 2. The van der Waals surface area contributed by atoms with E-state index in [0.717, 1.165) is 24.1 Å². The minimum atomic E-state index is 0.701. The first-order valence-corrected chi connectivity index (χ1v) is 7.64. The lowest BCUT2D eigenvalue weighted by Crippen LogP contribution is -2.39. The van der Waals surface area contributed by atoms with Gasteiger partial charge in [0.05, 0.1) is 12.2 Å². The molecule has 4 nitrogen and oxygen atoms in total. The Balaban J connectivity index is 2.32. The molecule has 112 valence electrons. The maximum atomic E-state index is 4.29. The summed E-state index contributed by atoms with van der Waals surface area (Å²) in [7, 11) is 1.81. The van der Waals surface area contributed by atoms with Gasteiger partial charge in [-0.1, -0.05) is 39.2 Å². The highest BCUT2D eigenvalue weighted by atomic mass is 15.2. The van der Waals surface area contributed by atoms with Gasteiger partial charge in [0.2, 0.25) is 0 Å². The number of unbranched alkanes of at least 4 members (excludes halogenated alkanes) is 1. The highest BCUT2D eigenvalue weighted by molar-refractivity contribution is 5.79. The first kappa shape index (κ1) is 16.5. The molecular formula is C16H28N4. The lowest BCUT2D eigenvalue weighted by atomic mass is 9.99. The average molecular weight is 276 g/mol. The number of rotatable bonds is 8. The van der Waals surface area contributed by atoms with E-state index < -0.39 is 0 Å². The second-order valence-corrected chi connectivity index (χ2v) is 5.04. The second kappa shape index (κ2) is 10.2. The predicted octanol–water partition coefficient (Wildman–Crippen LogP) is 2.96. The Morgan fingerprint density at radius 2 is 2.15 bits per heavy atom. The van der Waals surface area contributed by atoms with Crippen LogP contribution in [0.1, 0.15) is 45.2 Å². The first-order chi connectivity index (χ1) is 9.80. The predicted molar refractivity (Wildman–Crippen MR) is 85.7 cm³/mol. The molecule has 0 aliphatic carbocycles. The van der Waals surface area contributed by atoms with Crippen molar-refractivity contribution in [3.8, 4) is 0 Å². The topological polar surface area (TPSA) is 49.3 Å². The van der Waals surface area contributed by atoms with E-state index in [4.69, 9.17) is 0 Å². The zero-order valence-electron chi connectivity index (χ0n) is 13.0. The number of pyridine rings is 1. The van der Waals surface area contributed by atoms with Crippen LogP contribution in [0.3, 0.4) is 0 Å². The molecule has 0 aliphatic rings. The third-order valence-electron chi connectivity index (χ3n) is 3.49. The van der Waals surface area contributed by atoms with E-state index in [1.54, 1.807) is 7.05 Å². The molecule has 0 bridgehead atoms. The number of nitrogens with zero attached hydrogens (tertiary/aromatic N) is 2. The monoisotopic (exact) mass is 276 g/mol. The van der Waals surface area contributed by atoms with Crippen LogP contribution in [0.15, 0.2) is 29.4 Å². The zero-order chi connectivity index (χ0) is 14.6. The smallest absolute Gasteiger partial charge is 0.191 e. The number of aromatic nitrogens is 1. The molecule has 0 aromatic carbocycles. The molecule has 1 rings (SSSR count). The van der Waals surface area contributed by atoms with Gasteiger partial charge >= 0.3 is 0 Å². The molecule has 4 heteroatoms. The molecule has 0 fully saturated rings. The Morgan fingerprint density at radius 1 is 1.30 bits per heavy atom. The van der Waals surface area contributed by atoms with Crippen LogP contribution in [0.25, 0.3) is 0 Å². The lowest BCUT2D eigenvalue weighted by molar-refractivity contribution is 0.443. The van der Waals surface area contributed by atoms with Crippen molar-refractivity contribution in [1.82, 2.24) is 15.6 Å². The molecule has 0 radical (unpaired) electrons. The number of hydrogen-bond acceptors (Lipinski definition) is 2. The highest BCUT2D eigenvalue weighted by Crippen LogP contribution is 2.10. The van der Waals surface area contributed by atoms with Gasteiger partial charge in [0.25, 0.3) is 0 Å². The molecule has 1 heterocycles. The van der Waals surface area contributed by atoms with Crippen LogP contribution in [-0.2, 0) is 6.54 Å². The van der Waals surface area contributed by atoms with Crippen LogP contribution in [-0.4, -0.2) is 24.5 Å². The summed E-state index contributed by atoms with van der Waals surface area (Å²) < 4.78 is 0. The van der Waals surface area contributed by atoms with Crippen molar-refractivity contribution in [2.45, 2.75) is 46.1 Å². The van der Waals surface area contributed by atoms with Crippen LogP contribution < -0.4 is 10.6 Å². The summed E-state index contributed by atoms with van der Waals surface area (Å²) in [6, 6.07) is 5.94. The molecule has 2 N–H and O–H groups in total. The van der Waals surface area contributed by atoms with Crippen LogP contribution in [0.5, 0.6) is 0 Å². The van der Waals surface area contributed by atoms with Gasteiger partial charge in [-0.15, -0.1) is 0 Å². The van der Waals surface area contributed by atoms with Crippen LogP contribution in [0.2, 0.25) is 0 Å². The van der Waals surface area contributed by atoms with E-state index in [1.807, 2.05) is 24.4 Å². The lowest BCUT2D eigenvalue weighted by Gasteiger charge is -2.17. The van der Waals surface area contributed by atoms with E-state index in [1.165, 1.54) is 25.7 Å². The molecule has 0 spiro atoms. The van der Waals surface area contributed by atoms with Gasteiger partial charge in [-0.05, 0) is 24.5 Å². The van der Waals surface area contributed by atoms with Crippen molar-refractivity contribution in [2.24, 2.45) is 10.9 Å².